The van der Waals surface area contributed by atoms with E-state index in [1.165, 1.54) is 6.42 Å². The molecule has 1 fully saturated rings. The molecule has 3 nitrogen and oxygen atoms in total. The zero-order valence-corrected chi connectivity index (χ0v) is 10.7. The molecule has 1 heterocycles. The van der Waals surface area contributed by atoms with Crippen molar-refractivity contribution in [2.75, 3.05) is 13.1 Å². The number of nitrogens with zero attached hydrogens (tertiary/aromatic N) is 1. The van der Waals surface area contributed by atoms with Crippen LogP contribution in [0, 0.1) is 5.92 Å². The molecule has 3 heteroatoms. The van der Waals surface area contributed by atoms with Gasteiger partial charge in [-0.1, -0.05) is 33.1 Å². The van der Waals surface area contributed by atoms with Crippen LogP contribution in [0.3, 0.4) is 0 Å². The fourth-order valence-corrected chi connectivity index (χ4v) is 2.34. The maximum absolute atomic E-state index is 12.0. The minimum Gasteiger partial charge on any atom is -0.341 e. The second-order valence-electron chi connectivity index (χ2n) is 4.93. The van der Waals surface area contributed by atoms with E-state index in [0.29, 0.717) is 0 Å². The third-order valence-electron chi connectivity index (χ3n) is 3.69. The molecule has 0 aromatic heterocycles. The first-order valence-electron chi connectivity index (χ1n) is 6.73. The molecule has 1 atom stereocenters. The SMILES string of the molecule is CCCC[C@H](N)C(=O)N1CCC(CC)CC1. The van der Waals surface area contributed by atoms with Gasteiger partial charge in [0.25, 0.3) is 0 Å². The van der Waals surface area contributed by atoms with E-state index in [1.807, 2.05) is 4.90 Å². The largest absolute Gasteiger partial charge is 0.341 e. The van der Waals surface area contributed by atoms with Crippen molar-refractivity contribution >= 4 is 5.91 Å². The number of hydrogen-bond acceptors (Lipinski definition) is 2. The number of amides is 1. The number of rotatable bonds is 5. The Labute approximate surface area is 99.4 Å². The quantitative estimate of drug-likeness (QED) is 0.781. The molecule has 2 N–H and O–H groups in total. The number of likely N-dealkylation sites (tertiary alicyclic amines) is 1. The number of carbonyl (C=O) groups excluding carboxylic acids is 1. The minimum absolute atomic E-state index is 0.169. The normalized spacial score (nSPS) is 19.8. The van der Waals surface area contributed by atoms with Crippen molar-refractivity contribution < 1.29 is 4.79 Å². The van der Waals surface area contributed by atoms with Crippen LogP contribution in [0.2, 0.25) is 0 Å². The summed E-state index contributed by atoms with van der Waals surface area (Å²) in [6.45, 7) is 6.19. The molecule has 1 aliphatic rings. The zero-order valence-electron chi connectivity index (χ0n) is 10.7. The van der Waals surface area contributed by atoms with Gasteiger partial charge in [0.05, 0.1) is 6.04 Å². The van der Waals surface area contributed by atoms with Crippen LogP contribution in [-0.4, -0.2) is 29.9 Å². The van der Waals surface area contributed by atoms with Crippen molar-refractivity contribution in [2.45, 2.75) is 58.4 Å². The average molecular weight is 226 g/mol. The molecular weight excluding hydrogens is 200 g/mol. The summed E-state index contributed by atoms with van der Waals surface area (Å²) in [6, 6.07) is -0.266. The van der Waals surface area contributed by atoms with E-state index in [4.69, 9.17) is 5.73 Å². The second-order valence-corrected chi connectivity index (χ2v) is 4.93. The van der Waals surface area contributed by atoms with Crippen molar-refractivity contribution in [1.29, 1.82) is 0 Å². The molecule has 0 unspecified atom stereocenters. The summed E-state index contributed by atoms with van der Waals surface area (Å²) in [5.41, 5.74) is 5.91. The number of hydrogen-bond donors (Lipinski definition) is 1. The third kappa shape index (κ3) is 3.78. The zero-order chi connectivity index (χ0) is 12.0. The van der Waals surface area contributed by atoms with Gasteiger partial charge in [-0.25, -0.2) is 0 Å². The molecule has 0 radical (unpaired) electrons. The van der Waals surface area contributed by atoms with Gasteiger partial charge >= 0.3 is 0 Å². The summed E-state index contributed by atoms with van der Waals surface area (Å²) < 4.78 is 0. The maximum Gasteiger partial charge on any atom is 0.239 e. The number of carbonyl (C=O) groups is 1. The number of nitrogens with two attached hydrogens (primary N) is 1. The van der Waals surface area contributed by atoms with Crippen LogP contribution in [-0.2, 0) is 4.79 Å². The standard InChI is InChI=1S/C13H26N2O/c1-3-5-6-12(14)13(16)15-9-7-11(4-2)8-10-15/h11-12H,3-10,14H2,1-2H3/t12-/m0/s1. The Morgan fingerprint density at radius 2 is 2.00 bits per heavy atom. The van der Waals surface area contributed by atoms with Gasteiger partial charge in [0.1, 0.15) is 0 Å². The van der Waals surface area contributed by atoms with Gasteiger partial charge in [0, 0.05) is 13.1 Å². The van der Waals surface area contributed by atoms with Gasteiger partial charge in [0.15, 0.2) is 0 Å². The van der Waals surface area contributed by atoms with Crippen LogP contribution in [0.25, 0.3) is 0 Å². The lowest BCUT2D eigenvalue weighted by atomic mass is 9.94. The van der Waals surface area contributed by atoms with Crippen LogP contribution in [0.15, 0.2) is 0 Å². The molecule has 0 aromatic carbocycles. The lowest BCUT2D eigenvalue weighted by molar-refractivity contribution is -0.134. The topological polar surface area (TPSA) is 46.3 Å². The van der Waals surface area contributed by atoms with Gasteiger partial charge in [0.2, 0.25) is 5.91 Å². The average Bonchev–Trinajstić information content (AvgIpc) is 2.35. The van der Waals surface area contributed by atoms with Crippen LogP contribution in [0.1, 0.15) is 52.4 Å². The molecule has 1 aliphatic heterocycles. The molecule has 94 valence electrons. The molecule has 1 saturated heterocycles. The van der Waals surface area contributed by atoms with Crippen molar-refractivity contribution in [3.63, 3.8) is 0 Å². The molecule has 0 spiro atoms. The summed E-state index contributed by atoms with van der Waals surface area (Å²) in [6.07, 6.45) is 6.55. The molecule has 16 heavy (non-hydrogen) atoms. The Hall–Kier alpha value is -0.570. The van der Waals surface area contributed by atoms with E-state index in [-0.39, 0.29) is 11.9 Å². The predicted octanol–water partition coefficient (Wildman–Crippen LogP) is 2.15. The first-order valence-corrected chi connectivity index (χ1v) is 6.73. The van der Waals surface area contributed by atoms with Crippen molar-refractivity contribution in [3.8, 4) is 0 Å². The first-order chi connectivity index (χ1) is 7.69. The Morgan fingerprint density at radius 3 is 2.50 bits per heavy atom. The van der Waals surface area contributed by atoms with Crippen molar-refractivity contribution in [3.05, 3.63) is 0 Å². The van der Waals surface area contributed by atoms with Gasteiger partial charge in [-0.2, -0.15) is 0 Å². The maximum atomic E-state index is 12.0. The lowest BCUT2D eigenvalue weighted by Gasteiger charge is -2.33. The van der Waals surface area contributed by atoms with Crippen LogP contribution in [0.5, 0.6) is 0 Å². The van der Waals surface area contributed by atoms with Gasteiger partial charge in [-0.15, -0.1) is 0 Å². The fourth-order valence-electron chi connectivity index (χ4n) is 2.34. The molecule has 0 aliphatic carbocycles. The Kier molecular flexibility index (Phi) is 5.81. The Balaban J connectivity index is 2.32. The van der Waals surface area contributed by atoms with E-state index < -0.39 is 0 Å². The van der Waals surface area contributed by atoms with Crippen LogP contribution < -0.4 is 5.73 Å². The Bertz CT molecular complexity index is 210. The highest BCUT2D eigenvalue weighted by Crippen LogP contribution is 2.20. The molecule has 0 saturated carbocycles. The van der Waals surface area contributed by atoms with Crippen LogP contribution in [0.4, 0.5) is 0 Å². The number of unbranched alkanes of at least 4 members (excludes halogenated alkanes) is 1. The minimum atomic E-state index is -0.266. The van der Waals surface area contributed by atoms with Gasteiger partial charge in [-0.3, -0.25) is 4.79 Å². The predicted molar refractivity (Wildman–Crippen MR) is 67.1 cm³/mol. The Morgan fingerprint density at radius 1 is 1.38 bits per heavy atom. The highest BCUT2D eigenvalue weighted by molar-refractivity contribution is 5.81. The van der Waals surface area contributed by atoms with Crippen LogP contribution >= 0.6 is 0 Å². The van der Waals surface area contributed by atoms with Gasteiger partial charge in [-0.05, 0) is 25.2 Å². The molecule has 0 aromatic rings. The van der Waals surface area contributed by atoms with E-state index in [0.717, 1.165) is 51.1 Å². The summed E-state index contributed by atoms with van der Waals surface area (Å²) in [5, 5.41) is 0. The molecule has 0 bridgehead atoms. The van der Waals surface area contributed by atoms with Gasteiger partial charge < -0.3 is 10.6 Å². The first kappa shape index (κ1) is 13.5. The highest BCUT2D eigenvalue weighted by atomic mass is 16.2. The fraction of sp³-hybridized carbons (Fsp3) is 0.923. The summed E-state index contributed by atoms with van der Waals surface area (Å²) >= 11 is 0. The van der Waals surface area contributed by atoms with E-state index in [1.54, 1.807) is 0 Å². The summed E-state index contributed by atoms with van der Waals surface area (Å²) in [4.78, 5) is 14.0. The summed E-state index contributed by atoms with van der Waals surface area (Å²) in [7, 11) is 0. The van der Waals surface area contributed by atoms with E-state index in [2.05, 4.69) is 13.8 Å². The third-order valence-corrected chi connectivity index (χ3v) is 3.69. The monoisotopic (exact) mass is 226 g/mol. The number of piperidine rings is 1. The van der Waals surface area contributed by atoms with E-state index >= 15 is 0 Å². The van der Waals surface area contributed by atoms with Crippen molar-refractivity contribution in [2.24, 2.45) is 11.7 Å². The lowest BCUT2D eigenvalue weighted by Crippen LogP contribution is -2.47. The van der Waals surface area contributed by atoms with Crippen molar-refractivity contribution in [1.82, 2.24) is 4.90 Å². The molecule has 1 rings (SSSR count). The molecular formula is C13H26N2O. The highest BCUT2D eigenvalue weighted by Gasteiger charge is 2.25. The summed E-state index contributed by atoms with van der Waals surface area (Å²) in [5.74, 6) is 0.985. The molecule has 1 amide bonds. The smallest absolute Gasteiger partial charge is 0.239 e. The van der Waals surface area contributed by atoms with E-state index in [9.17, 15) is 4.79 Å². The second kappa shape index (κ2) is 6.89.